The average molecular weight is 264 g/mol. The summed E-state index contributed by atoms with van der Waals surface area (Å²) >= 11 is 0. The van der Waals surface area contributed by atoms with Gasteiger partial charge in [0.2, 0.25) is 0 Å². The fourth-order valence-electron chi connectivity index (χ4n) is 2.39. The van der Waals surface area contributed by atoms with Gasteiger partial charge in [-0.1, -0.05) is 26.0 Å². The Labute approximate surface area is 113 Å². The predicted octanol–water partition coefficient (Wildman–Crippen LogP) is 2.26. The summed E-state index contributed by atoms with van der Waals surface area (Å²) in [5.41, 5.74) is 1.38. The van der Waals surface area contributed by atoms with Gasteiger partial charge < -0.3 is 14.2 Å². The van der Waals surface area contributed by atoms with Gasteiger partial charge in [-0.2, -0.15) is 0 Å². The minimum Gasteiger partial charge on any atom is -0.496 e. The van der Waals surface area contributed by atoms with Gasteiger partial charge >= 0.3 is 5.97 Å². The molecule has 0 spiro atoms. The summed E-state index contributed by atoms with van der Waals surface area (Å²) in [6, 6.07) is 5.86. The van der Waals surface area contributed by atoms with E-state index in [0.717, 1.165) is 16.9 Å². The first kappa shape index (κ1) is 13.9. The first-order chi connectivity index (χ1) is 9.05. The highest BCUT2D eigenvalue weighted by Gasteiger charge is 2.49. The third-order valence-electron chi connectivity index (χ3n) is 3.68. The molecule has 0 amide bonds. The van der Waals surface area contributed by atoms with Crippen molar-refractivity contribution in [3.05, 3.63) is 29.3 Å². The van der Waals surface area contributed by atoms with Crippen molar-refractivity contribution >= 4 is 5.97 Å². The van der Waals surface area contributed by atoms with Crippen LogP contribution < -0.4 is 4.74 Å². The van der Waals surface area contributed by atoms with Crippen LogP contribution in [0.1, 0.15) is 30.9 Å². The molecule has 0 saturated carbocycles. The van der Waals surface area contributed by atoms with Crippen molar-refractivity contribution < 1.29 is 19.0 Å². The van der Waals surface area contributed by atoms with Crippen molar-refractivity contribution in [3.63, 3.8) is 0 Å². The normalized spacial score (nSPS) is 16.9. The number of hydrogen-bond acceptors (Lipinski definition) is 4. The number of hydrogen-bond donors (Lipinski definition) is 0. The van der Waals surface area contributed by atoms with E-state index in [2.05, 4.69) is 13.8 Å². The molecule has 104 valence electrons. The minimum atomic E-state index is -0.648. The maximum atomic E-state index is 12.0. The van der Waals surface area contributed by atoms with E-state index in [-0.39, 0.29) is 5.97 Å². The van der Waals surface area contributed by atoms with E-state index in [1.807, 2.05) is 18.2 Å². The molecule has 0 unspecified atom stereocenters. The Morgan fingerprint density at radius 3 is 2.42 bits per heavy atom. The Morgan fingerprint density at radius 1 is 1.32 bits per heavy atom. The SMILES string of the molecule is COC(=O)C1(c2ccc(OC)c(C(C)C)c2)COC1. The van der Waals surface area contributed by atoms with Crippen molar-refractivity contribution in [2.75, 3.05) is 27.4 Å². The zero-order valence-electron chi connectivity index (χ0n) is 11.9. The Balaban J connectivity index is 2.45. The second-order valence-corrected chi connectivity index (χ2v) is 5.18. The van der Waals surface area contributed by atoms with Crippen molar-refractivity contribution in [1.29, 1.82) is 0 Å². The van der Waals surface area contributed by atoms with E-state index in [9.17, 15) is 4.79 Å². The van der Waals surface area contributed by atoms with Gasteiger partial charge in [0.05, 0.1) is 27.4 Å². The second-order valence-electron chi connectivity index (χ2n) is 5.18. The molecule has 2 rings (SSSR count). The van der Waals surface area contributed by atoms with E-state index < -0.39 is 5.41 Å². The number of methoxy groups -OCH3 is 2. The topological polar surface area (TPSA) is 44.8 Å². The fraction of sp³-hybridized carbons (Fsp3) is 0.533. The van der Waals surface area contributed by atoms with Gasteiger partial charge in [-0.25, -0.2) is 0 Å². The highest BCUT2D eigenvalue weighted by Crippen LogP contribution is 2.37. The molecule has 1 saturated heterocycles. The Morgan fingerprint density at radius 2 is 2.00 bits per heavy atom. The first-order valence-electron chi connectivity index (χ1n) is 6.39. The van der Waals surface area contributed by atoms with Crippen LogP contribution in [0, 0.1) is 0 Å². The number of carbonyl (C=O) groups is 1. The molecule has 0 atom stereocenters. The molecule has 1 fully saturated rings. The highest BCUT2D eigenvalue weighted by molar-refractivity contribution is 5.84. The summed E-state index contributed by atoms with van der Waals surface area (Å²) in [6.07, 6.45) is 0. The molecule has 0 aliphatic carbocycles. The molecule has 1 heterocycles. The zero-order valence-corrected chi connectivity index (χ0v) is 11.9. The van der Waals surface area contributed by atoms with E-state index in [0.29, 0.717) is 19.1 Å². The maximum absolute atomic E-state index is 12.0. The molecule has 4 heteroatoms. The van der Waals surface area contributed by atoms with Crippen molar-refractivity contribution in [2.24, 2.45) is 0 Å². The first-order valence-corrected chi connectivity index (χ1v) is 6.39. The van der Waals surface area contributed by atoms with Gasteiger partial charge in [0.15, 0.2) is 0 Å². The summed E-state index contributed by atoms with van der Waals surface area (Å²) in [5.74, 6) is 0.934. The number of benzene rings is 1. The molecular weight excluding hydrogens is 244 g/mol. The molecule has 1 aromatic carbocycles. The van der Waals surface area contributed by atoms with Crippen LogP contribution in [0.25, 0.3) is 0 Å². The third kappa shape index (κ3) is 2.21. The lowest BCUT2D eigenvalue weighted by atomic mass is 9.77. The smallest absolute Gasteiger partial charge is 0.321 e. The van der Waals surface area contributed by atoms with Gasteiger partial charge in [-0.15, -0.1) is 0 Å². The largest absolute Gasteiger partial charge is 0.496 e. The number of carbonyl (C=O) groups excluding carboxylic acids is 1. The van der Waals surface area contributed by atoms with Crippen molar-refractivity contribution in [3.8, 4) is 5.75 Å². The third-order valence-corrected chi connectivity index (χ3v) is 3.68. The van der Waals surface area contributed by atoms with Crippen LogP contribution in [-0.2, 0) is 19.7 Å². The molecular formula is C15H20O4. The monoisotopic (exact) mass is 264 g/mol. The second kappa shape index (κ2) is 5.21. The van der Waals surface area contributed by atoms with Crippen LogP contribution in [0.3, 0.4) is 0 Å². The summed E-state index contributed by atoms with van der Waals surface area (Å²) in [4.78, 5) is 12.0. The predicted molar refractivity (Wildman–Crippen MR) is 71.6 cm³/mol. The van der Waals surface area contributed by atoms with Crippen LogP contribution in [0.2, 0.25) is 0 Å². The summed E-state index contributed by atoms with van der Waals surface area (Å²) < 4.78 is 15.5. The van der Waals surface area contributed by atoms with Crippen LogP contribution in [-0.4, -0.2) is 33.4 Å². The van der Waals surface area contributed by atoms with Gasteiger partial charge in [0.1, 0.15) is 11.2 Å². The lowest BCUT2D eigenvalue weighted by Gasteiger charge is -2.39. The fourth-order valence-corrected chi connectivity index (χ4v) is 2.39. The zero-order chi connectivity index (χ0) is 14.0. The van der Waals surface area contributed by atoms with Gasteiger partial charge in [-0.05, 0) is 23.1 Å². The quantitative estimate of drug-likeness (QED) is 0.782. The number of ether oxygens (including phenoxy) is 3. The summed E-state index contributed by atoms with van der Waals surface area (Å²) in [7, 11) is 3.07. The Bertz CT molecular complexity index is 475. The number of esters is 1. The van der Waals surface area contributed by atoms with E-state index in [1.54, 1.807) is 7.11 Å². The van der Waals surface area contributed by atoms with Crippen LogP contribution in [0.15, 0.2) is 18.2 Å². The molecule has 1 aliphatic heterocycles. The highest BCUT2D eigenvalue weighted by atomic mass is 16.5. The molecule has 4 nitrogen and oxygen atoms in total. The molecule has 19 heavy (non-hydrogen) atoms. The van der Waals surface area contributed by atoms with Crippen LogP contribution in [0.4, 0.5) is 0 Å². The molecule has 1 aliphatic rings. The lowest BCUT2D eigenvalue weighted by Crippen LogP contribution is -2.53. The van der Waals surface area contributed by atoms with E-state index in [1.165, 1.54) is 7.11 Å². The summed E-state index contributed by atoms with van der Waals surface area (Å²) in [5, 5.41) is 0. The molecule has 0 radical (unpaired) electrons. The number of rotatable bonds is 4. The lowest BCUT2D eigenvalue weighted by molar-refractivity contribution is -0.166. The maximum Gasteiger partial charge on any atom is 0.321 e. The molecule has 0 N–H and O–H groups in total. The van der Waals surface area contributed by atoms with E-state index in [4.69, 9.17) is 14.2 Å². The minimum absolute atomic E-state index is 0.237. The van der Waals surface area contributed by atoms with Crippen LogP contribution in [0.5, 0.6) is 5.75 Å². The molecule has 0 aromatic heterocycles. The van der Waals surface area contributed by atoms with Crippen LogP contribution >= 0.6 is 0 Å². The van der Waals surface area contributed by atoms with E-state index >= 15 is 0 Å². The molecule has 0 bridgehead atoms. The Kier molecular flexibility index (Phi) is 3.80. The molecule has 1 aromatic rings. The standard InChI is InChI=1S/C15H20O4/c1-10(2)12-7-11(5-6-13(12)17-3)15(8-19-9-15)14(16)18-4/h5-7,10H,8-9H2,1-4H3. The Hall–Kier alpha value is -1.55. The van der Waals surface area contributed by atoms with Gasteiger partial charge in [-0.3, -0.25) is 4.79 Å². The average Bonchev–Trinajstić information content (AvgIpc) is 2.36. The van der Waals surface area contributed by atoms with Gasteiger partial charge in [0.25, 0.3) is 0 Å². The van der Waals surface area contributed by atoms with Crippen molar-refractivity contribution in [1.82, 2.24) is 0 Å². The van der Waals surface area contributed by atoms with Gasteiger partial charge in [0, 0.05) is 0 Å². The summed E-state index contributed by atoms with van der Waals surface area (Å²) in [6.45, 7) is 4.96. The van der Waals surface area contributed by atoms with Crippen molar-refractivity contribution in [2.45, 2.75) is 25.2 Å².